The van der Waals surface area contributed by atoms with Crippen LogP contribution in [0.1, 0.15) is 37.5 Å². The third-order valence-corrected chi connectivity index (χ3v) is 3.25. The first-order chi connectivity index (χ1) is 9.36. The fourth-order valence-corrected chi connectivity index (χ4v) is 2.24. The van der Waals surface area contributed by atoms with Gasteiger partial charge in [-0.3, -0.25) is 0 Å². The molecule has 1 aromatic carbocycles. The van der Waals surface area contributed by atoms with Crippen LogP contribution in [-0.2, 0) is 13.0 Å². The van der Waals surface area contributed by atoms with Crippen molar-refractivity contribution in [3.8, 4) is 6.07 Å². The number of nitrogens with zero attached hydrogens (tertiary/aromatic N) is 1. The Morgan fingerprint density at radius 3 is 2.95 bits per heavy atom. The van der Waals surface area contributed by atoms with Gasteiger partial charge in [0, 0.05) is 36.9 Å². The van der Waals surface area contributed by atoms with Gasteiger partial charge in [-0.2, -0.15) is 5.26 Å². The number of fused-ring (bicyclic) bond motifs is 1. The zero-order chi connectivity index (χ0) is 13.5. The highest BCUT2D eigenvalue weighted by atomic mass is 16.3. The highest BCUT2D eigenvalue weighted by Crippen LogP contribution is 2.27. The summed E-state index contributed by atoms with van der Waals surface area (Å²) in [7, 11) is 0. The van der Waals surface area contributed by atoms with E-state index in [0.717, 1.165) is 37.3 Å². The van der Waals surface area contributed by atoms with Gasteiger partial charge in [-0.15, -0.1) is 0 Å². The number of para-hydroxylation sites is 1. The van der Waals surface area contributed by atoms with Gasteiger partial charge in [0.05, 0.1) is 6.07 Å². The highest BCUT2D eigenvalue weighted by molar-refractivity contribution is 5.82. The van der Waals surface area contributed by atoms with Crippen LogP contribution in [0.2, 0.25) is 0 Å². The normalized spacial score (nSPS) is 10.7. The van der Waals surface area contributed by atoms with E-state index >= 15 is 0 Å². The monoisotopic (exact) mass is 256 g/mol. The van der Waals surface area contributed by atoms with Crippen molar-refractivity contribution in [2.45, 2.75) is 39.2 Å². The Bertz CT molecular complexity index is 566. The Labute approximate surface area is 114 Å². The van der Waals surface area contributed by atoms with Gasteiger partial charge < -0.3 is 9.73 Å². The van der Waals surface area contributed by atoms with Gasteiger partial charge in [0.15, 0.2) is 0 Å². The fourth-order valence-electron chi connectivity index (χ4n) is 2.24. The minimum Gasteiger partial charge on any atom is -0.461 e. The molecule has 0 aliphatic rings. The molecule has 2 aromatic rings. The molecule has 3 heteroatoms. The van der Waals surface area contributed by atoms with E-state index in [0.29, 0.717) is 6.42 Å². The minimum absolute atomic E-state index is 0.542. The van der Waals surface area contributed by atoms with Crippen LogP contribution in [0.5, 0.6) is 0 Å². The molecule has 0 atom stereocenters. The average molecular weight is 256 g/mol. The molecule has 19 heavy (non-hydrogen) atoms. The summed E-state index contributed by atoms with van der Waals surface area (Å²) in [4.78, 5) is 0. The number of nitrogens with one attached hydrogen (secondary N) is 1. The van der Waals surface area contributed by atoms with Crippen molar-refractivity contribution in [1.82, 2.24) is 5.32 Å². The van der Waals surface area contributed by atoms with Gasteiger partial charge in [0.1, 0.15) is 11.3 Å². The third-order valence-electron chi connectivity index (χ3n) is 3.25. The summed E-state index contributed by atoms with van der Waals surface area (Å²) in [6.07, 6.45) is 3.84. The largest absolute Gasteiger partial charge is 0.461 e. The third kappa shape index (κ3) is 3.36. The molecule has 0 aliphatic heterocycles. The average Bonchev–Trinajstić information content (AvgIpc) is 2.79. The quantitative estimate of drug-likeness (QED) is 0.767. The Kier molecular flexibility index (Phi) is 5.00. The number of benzene rings is 1. The van der Waals surface area contributed by atoms with E-state index < -0.39 is 0 Å². The zero-order valence-corrected chi connectivity index (χ0v) is 11.4. The number of hydrogen-bond donors (Lipinski definition) is 1. The summed E-state index contributed by atoms with van der Waals surface area (Å²) in [5, 5.41) is 13.1. The predicted octanol–water partition coefficient (Wildman–Crippen LogP) is 3.78. The van der Waals surface area contributed by atoms with E-state index in [1.807, 2.05) is 18.2 Å². The first-order valence-corrected chi connectivity index (χ1v) is 6.93. The van der Waals surface area contributed by atoms with Crippen molar-refractivity contribution in [2.24, 2.45) is 0 Å². The van der Waals surface area contributed by atoms with Crippen LogP contribution in [0.25, 0.3) is 11.0 Å². The van der Waals surface area contributed by atoms with Gasteiger partial charge in [-0.05, 0) is 12.5 Å². The maximum atomic E-state index is 8.56. The number of furan rings is 1. The van der Waals surface area contributed by atoms with E-state index in [4.69, 9.17) is 9.68 Å². The Morgan fingerprint density at radius 1 is 1.32 bits per heavy atom. The number of unbranched alkanes of at least 4 members (excludes halogenated alkanes) is 1. The number of aryl methyl sites for hydroxylation is 1. The summed E-state index contributed by atoms with van der Waals surface area (Å²) in [5.74, 6) is 1.09. The van der Waals surface area contributed by atoms with E-state index in [1.165, 1.54) is 17.4 Å². The molecule has 0 saturated carbocycles. The summed E-state index contributed by atoms with van der Waals surface area (Å²) in [5.41, 5.74) is 2.22. The molecule has 3 nitrogen and oxygen atoms in total. The second-order valence-electron chi connectivity index (χ2n) is 4.69. The molecule has 0 unspecified atom stereocenters. The topological polar surface area (TPSA) is 49.0 Å². The number of nitriles is 1. The molecule has 0 radical (unpaired) electrons. The molecule has 2 rings (SSSR count). The summed E-state index contributed by atoms with van der Waals surface area (Å²) in [6.45, 7) is 3.69. The van der Waals surface area contributed by atoms with Crippen LogP contribution < -0.4 is 5.32 Å². The van der Waals surface area contributed by atoms with Gasteiger partial charge in [0.2, 0.25) is 0 Å². The molecule has 0 bridgehead atoms. The van der Waals surface area contributed by atoms with Crippen molar-refractivity contribution < 1.29 is 4.42 Å². The molecule has 1 N–H and O–H groups in total. The lowest BCUT2D eigenvalue weighted by Crippen LogP contribution is -2.14. The fraction of sp³-hybridized carbons (Fsp3) is 0.438. The Hall–Kier alpha value is -1.79. The number of hydrogen-bond acceptors (Lipinski definition) is 3. The highest BCUT2D eigenvalue weighted by Gasteiger charge is 2.12. The molecule has 0 fully saturated rings. The summed E-state index contributed by atoms with van der Waals surface area (Å²) in [6, 6.07) is 10.3. The van der Waals surface area contributed by atoms with E-state index in [-0.39, 0.29) is 0 Å². The lowest BCUT2D eigenvalue weighted by Gasteiger charge is -2.04. The van der Waals surface area contributed by atoms with Crippen LogP contribution in [0.15, 0.2) is 28.7 Å². The smallest absolute Gasteiger partial charge is 0.134 e. The molecule has 0 saturated heterocycles. The molecule has 1 heterocycles. The molecule has 0 aliphatic carbocycles. The van der Waals surface area contributed by atoms with E-state index in [1.54, 1.807) is 0 Å². The second-order valence-corrected chi connectivity index (χ2v) is 4.69. The van der Waals surface area contributed by atoms with Crippen molar-refractivity contribution in [3.05, 3.63) is 35.6 Å². The zero-order valence-electron chi connectivity index (χ0n) is 11.4. The first-order valence-electron chi connectivity index (χ1n) is 6.93. The second kappa shape index (κ2) is 6.96. The van der Waals surface area contributed by atoms with Crippen LogP contribution in [0.3, 0.4) is 0 Å². The lowest BCUT2D eigenvalue weighted by atomic mass is 10.1. The van der Waals surface area contributed by atoms with Gasteiger partial charge in [-0.1, -0.05) is 31.5 Å². The predicted molar refractivity (Wildman–Crippen MR) is 76.8 cm³/mol. The van der Waals surface area contributed by atoms with Crippen molar-refractivity contribution in [2.75, 3.05) is 6.54 Å². The first kappa shape index (κ1) is 13.6. The van der Waals surface area contributed by atoms with E-state index in [2.05, 4.69) is 24.4 Å². The minimum atomic E-state index is 0.542. The van der Waals surface area contributed by atoms with Gasteiger partial charge in [0.25, 0.3) is 0 Å². The summed E-state index contributed by atoms with van der Waals surface area (Å²) >= 11 is 0. The Morgan fingerprint density at radius 2 is 2.16 bits per heavy atom. The lowest BCUT2D eigenvalue weighted by molar-refractivity contribution is 0.525. The summed E-state index contributed by atoms with van der Waals surface area (Å²) < 4.78 is 5.95. The van der Waals surface area contributed by atoms with Crippen molar-refractivity contribution in [3.63, 3.8) is 0 Å². The SMILES string of the molecule is CCCCc1oc2ccccc2c1CNCCC#N. The standard InChI is InChI=1S/C16H20N2O/c1-2-3-8-16-14(12-18-11-6-10-17)13-7-4-5-9-15(13)19-16/h4-5,7,9,18H,2-3,6,8,11-12H2,1H3. The molecule has 1 aromatic heterocycles. The maximum Gasteiger partial charge on any atom is 0.134 e. The van der Waals surface area contributed by atoms with Crippen LogP contribution in [-0.4, -0.2) is 6.54 Å². The maximum absolute atomic E-state index is 8.56. The molecule has 0 amide bonds. The Balaban J connectivity index is 2.19. The van der Waals surface area contributed by atoms with E-state index in [9.17, 15) is 0 Å². The van der Waals surface area contributed by atoms with Crippen LogP contribution >= 0.6 is 0 Å². The molecule has 100 valence electrons. The van der Waals surface area contributed by atoms with Crippen molar-refractivity contribution >= 4 is 11.0 Å². The molecular formula is C16H20N2O. The molecule has 0 spiro atoms. The van der Waals surface area contributed by atoms with Crippen molar-refractivity contribution in [1.29, 1.82) is 5.26 Å². The number of rotatable bonds is 7. The molecular weight excluding hydrogens is 236 g/mol. The van der Waals surface area contributed by atoms with Gasteiger partial charge in [-0.25, -0.2) is 0 Å². The van der Waals surface area contributed by atoms with Crippen LogP contribution in [0, 0.1) is 11.3 Å². The van der Waals surface area contributed by atoms with Gasteiger partial charge >= 0.3 is 0 Å². The van der Waals surface area contributed by atoms with Crippen LogP contribution in [0.4, 0.5) is 0 Å².